The van der Waals surface area contributed by atoms with Crippen molar-refractivity contribution in [1.82, 2.24) is 4.31 Å². The second-order valence-corrected chi connectivity index (χ2v) is 6.58. The van der Waals surface area contributed by atoms with Crippen molar-refractivity contribution in [3.05, 3.63) is 23.8 Å². The Bertz CT molecular complexity index is 635. The molecule has 1 aromatic rings. The first-order valence-corrected chi connectivity index (χ1v) is 7.54. The van der Waals surface area contributed by atoms with Gasteiger partial charge in [0.1, 0.15) is 5.75 Å². The molecule has 2 rings (SSSR count). The first-order valence-electron chi connectivity index (χ1n) is 6.10. The Labute approximate surface area is 129 Å². The normalized spacial score (nSPS) is 19.0. The maximum absolute atomic E-state index is 12.4. The standard InChI is InChI=1S/C12H17N3O4S.ClH/c1-19-11-3-2-9(6-10(11)12(14)16)20(17,18)15-5-4-8(13)7-15;/h2-3,6,8H,4-5,7,13H2,1H3,(H2,14,16);1H. The molecule has 0 spiro atoms. The summed E-state index contributed by atoms with van der Waals surface area (Å²) < 4.78 is 31.2. The van der Waals surface area contributed by atoms with E-state index in [9.17, 15) is 13.2 Å². The fourth-order valence-corrected chi connectivity index (χ4v) is 3.70. The largest absolute Gasteiger partial charge is 0.496 e. The molecule has 1 aromatic carbocycles. The van der Waals surface area contributed by atoms with Crippen LogP contribution in [0.2, 0.25) is 0 Å². The molecule has 0 radical (unpaired) electrons. The molecule has 0 bridgehead atoms. The fourth-order valence-electron chi connectivity index (χ4n) is 2.16. The van der Waals surface area contributed by atoms with Gasteiger partial charge in [-0.25, -0.2) is 8.42 Å². The first kappa shape index (κ1) is 17.7. The number of benzene rings is 1. The molecule has 0 aromatic heterocycles. The van der Waals surface area contributed by atoms with E-state index in [-0.39, 0.29) is 41.2 Å². The minimum absolute atomic E-state index is 0. The van der Waals surface area contributed by atoms with Crippen molar-refractivity contribution < 1.29 is 17.9 Å². The molecule has 21 heavy (non-hydrogen) atoms. The number of ether oxygens (including phenoxy) is 1. The van der Waals surface area contributed by atoms with Gasteiger partial charge in [-0.3, -0.25) is 4.79 Å². The summed E-state index contributed by atoms with van der Waals surface area (Å²) in [6.07, 6.45) is 0.623. The Balaban J connectivity index is 0.00000220. The van der Waals surface area contributed by atoms with E-state index in [2.05, 4.69) is 0 Å². The lowest BCUT2D eigenvalue weighted by Crippen LogP contribution is -2.32. The Morgan fingerprint density at radius 2 is 2.10 bits per heavy atom. The maximum Gasteiger partial charge on any atom is 0.252 e. The molecule has 4 N–H and O–H groups in total. The summed E-state index contributed by atoms with van der Waals surface area (Å²) in [6, 6.07) is 3.90. The van der Waals surface area contributed by atoms with Gasteiger partial charge in [-0.2, -0.15) is 4.31 Å². The van der Waals surface area contributed by atoms with Gasteiger partial charge in [0.2, 0.25) is 10.0 Å². The van der Waals surface area contributed by atoms with Crippen molar-refractivity contribution in [3.63, 3.8) is 0 Å². The van der Waals surface area contributed by atoms with Crippen LogP contribution in [0, 0.1) is 0 Å². The van der Waals surface area contributed by atoms with Gasteiger partial charge in [-0.05, 0) is 24.6 Å². The van der Waals surface area contributed by atoms with E-state index in [1.165, 1.54) is 29.6 Å². The van der Waals surface area contributed by atoms with E-state index in [4.69, 9.17) is 16.2 Å². The topological polar surface area (TPSA) is 116 Å². The number of sulfonamides is 1. The first-order chi connectivity index (χ1) is 9.36. The number of methoxy groups -OCH3 is 1. The molecule has 118 valence electrons. The second-order valence-electron chi connectivity index (χ2n) is 4.64. The number of hydrogen-bond donors (Lipinski definition) is 2. The SMILES string of the molecule is COc1ccc(S(=O)(=O)N2CCC(N)C2)cc1C(N)=O.Cl. The average molecular weight is 336 g/mol. The third-order valence-corrected chi connectivity index (χ3v) is 5.12. The Hall–Kier alpha value is -1.35. The lowest BCUT2D eigenvalue weighted by Gasteiger charge is -2.17. The maximum atomic E-state index is 12.4. The highest BCUT2D eigenvalue weighted by Crippen LogP contribution is 2.26. The number of amides is 1. The predicted octanol–water partition coefficient (Wildman–Crippen LogP) is -0.0624. The highest BCUT2D eigenvalue weighted by molar-refractivity contribution is 7.89. The number of carbonyl (C=O) groups excluding carboxylic acids is 1. The summed E-state index contributed by atoms with van der Waals surface area (Å²) in [7, 11) is -2.28. The lowest BCUT2D eigenvalue weighted by atomic mass is 10.2. The van der Waals surface area contributed by atoms with Crippen LogP contribution in [-0.2, 0) is 10.0 Å². The molecule has 0 saturated carbocycles. The van der Waals surface area contributed by atoms with E-state index in [1.54, 1.807) is 0 Å². The van der Waals surface area contributed by atoms with Crippen LogP contribution in [0.3, 0.4) is 0 Å². The van der Waals surface area contributed by atoms with Gasteiger partial charge in [0, 0.05) is 19.1 Å². The molecule has 9 heteroatoms. The molecule has 1 unspecified atom stereocenters. The highest BCUT2D eigenvalue weighted by Gasteiger charge is 2.31. The van der Waals surface area contributed by atoms with Crippen LogP contribution < -0.4 is 16.2 Å². The number of halogens is 1. The van der Waals surface area contributed by atoms with Gasteiger partial charge < -0.3 is 16.2 Å². The van der Waals surface area contributed by atoms with Crippen LogP contribution in [0.15, 0.2) is 23.1 Å². The quantitative estimate of drug-likeness (QED) is 0.799. The third kappa shape index (κ3) is 3.46. The minimum atomic E-state index is -3.66. The van der Waals surface area contributed by atoms with E-state index >= 15 is 0 Å². The molecular weight excluding hydrogens is 318 g/mol. The number of nitrogens with two attached hydrogens (primary N) is 2. The lowest BCUT2D eigenvalue weighted by molar-refractivity contribution is 0.0997. The Kier molecular flexibility index (Phi) is 5.57. The van der Waals surface area contributed by atoms with Crippen molar-refractivity contribution in [2.24, 2.45) is 11.5 Å². The number of carbonyl (C=O) groups is 1. The van der Waals surface area contributed by atoms with Crippen LogP contribution in [0.5, 0.6) is 5.75 Å². The fraction of sp³-hybridized carbons (Fsp3) is 0.417. The molecule has 1 heterocycles. The number of primary amides is 1. The third-order valence-electron chi connectivity index (χ3n) is 3.26. The number of hydrogen-bond acceptors (Lipinski definition) is 5. The summed E-state index contributed by atoms with van der Waals surface area (Å²) in [5, 5.41) is 0. The smallest absolute Gasteiger partial charge is 0.252 e. The van der Waals surface area contributed by atoms with Gasteiger partial charge in [-0.15, -0.1) is 12.4 Å². The van der Waals surface area contributed by atoms with Crippen molar-refractivity contribution in [1.29, 1.82) is 0 Å². The second kappa shape index (κ2) is 6.61. The van der Waals surface area contributed by atoms with Gasteiger partial charge in [0.05, 0.1) is 17.6 Å². The summed E-state index contributed by atoms with van der Waals surface area (Å²) in [6.45, 7) is 0.654. The monoisotopic (exact) mass is 335 g/mol. The number of nitrogens with zero attached hydrogens (tertiary/aromatic N) is 1. The van der Waals surface area contributed by atoms with Gasteiger partial charge in [-0.1, -0.05) is 0 Å². The molecule has 0 aliphatic carbocycles. The zero-order valence-corrected chi connectivity index (χ0v) is 13.1. The molecule has 1 atom stereocenters. The van der Waals surface area contributed by atoms with Crippen LogP contribution >= 0.6 is 12.4 Å². The summed E-state index contributed by atoms with van der Waals surface area (Å²) in [4.78, 5) is 11.4. The molecule has 1 saturated heterocycles. The Morgan fingerprint density at radius 3 is 2.57 bits per heavy atom. The molecule has 1 aliphatic heterocycles. The molecule has 7 nitrogen and oxygen atoms in total. The zero-order valence-electron chi connectivity index (χ0n) is 11.5. The summed E-state index contributed by atoms with van der Waals surface area (Å²) in [5.41, 5.74) is 11.0. The summed E-state index contributed by atoms with van der Waals surface area (Å²) in [5.74, 6) is -0.494. The zero-order chi connectivity index (χ0) is 14.9. The van der Waals surface area contributed by atoms with Gasteiger partial charge in [0.15, 0.2) is 0 Å². The van der Waals surface area contributed by atoms with Crippen molar-refractivity contribution in [3.8, 4) is 5.75 Å². The van der Waals surface area contributed by atoms with Crippen molar-refractivity contribution in [2.75, 3.05) is 20.2 Å². The van der Waals surface area contributed by atoms with E-state index in [0.29, 0.717) is 13.0 Å². The average Bonchev–Trinajstić information content (AvgIpc) is 2.85. The van der Waals surface area contributed by atoms with Crippen molar-refractivity contribution in [2.45, 2.75) is 17.4 Å². The predicted molar refractivity (Wildman–Crippen MR) is 80.1 cm³/mol. The molecule has 1 amide bonds. The Morgan fingerprint density at radius 1 is 1.43 bits per heavy atom. The number of rotatable bonds is 4. The highest BCUT2D eigenvalue weighted by atomic mass is 35.5. The van der Waals surface area contributed by atoms with Crippen LogP contribution in [0.1, 0.15) is 16.8 Å². The van der Waals surface area contributed by atoms with Crippen LogP contribution in [0.25, 0.3) is 0 Å². The van der Waals surface area contributed by atoms with Crippen LogP contribution in [0.4, 0.5) is 0 Å². The van der Waals surface area contributed by atoms with E-state index < -0.39 is 15.9 Å². The molecule has 1 aliphatic rings. The van der Waals surface area contributed by atoms with Gasteiger partial charge in [0.25, 0.3) is 5.91 Å². The van der Waals surface area contributed by atoms with Gasteiger partial charge >= 0.3 is 0 Å². The minimum Gasteiger partial charge on any atom is -0.496 e. The molecular formula is C12H18ClN3O4S. The van der Waals surface area contributed by atoms with E-state index in [1.807, 2.05) is 0 Å². The van der Waals surface area contributed by atoms with Crippen LogP contribution in [-0.4, -0.2) is 44.9 Å². The van der Waals surface area contributed by atoms with Crippen molar-refractivity contribution >= 4 is 28.3 Å². The summed E-state index contributed by atoms with van der Waals surface area (Å²) >= 11 is 0. The van der Waals surface area contributed by atoms with E-state index in [0.717, 1.165) is 0 Å². The molecule has 1 fully saturated rings.